The number of nitrogens with zero attached hydrogens (tertiary/aromatic N) is 1. The Morgan fingerprint density at radius 2 is 2.11 bits per heavy atom. The Labute approximate surface area is 120 Å². The molecular weight excluding hydrogens is 293 g/mol. The molecule has 18 heavy (non-hydrogen) atoms. The maximum Gasteiger partial charge on any atom is 0.236 e. The van der Waals surface area contributed by atoms with Gasteiger partial charge in [-0.3, -0.25) is 4.79 Å². The minimum atomic E-state index is -0.181. The second-order valence-corrected chi connectivity index (χ2v) is 6.21. The highest BCUT2D eigenvalue weighted by molar-refractivity contribution is 8.01. The second kappa shape index (κ2) is 5.70. The molecule has 0 saturated carbocycles. The Balaban J connectivity index is 2.23. The summed E-state index contributed by atoms with van der Waals surface area (Å²) in [7, 11) is 1.76. The van der Waals surface area contributed by atoms with Crippen molar-refractivity contribution >= 4 is 40.9 Å². The minimum absolute atomic E-state index is 0.0192. The first-order chi connectivity index (χ1) is 8.54. The summed E-state index contributed by atoms with van der Waals surface area (Å²) in [6.07, 6.45) is 0.478. The smallest absolute Gasteiger partial charge is 0.236 e. The zero-order chi connectivity index (χ0) is 13.3. The third kappa shape index (κ3) is 2.62. The largest absolute Gasteiger partial charge is 0.396 e. The number of aliphatic hydroxyl groups excluding tert-OH is 1. The van der Waals surface area contributed by atoms with E-state index in [1.165, 1.54) is 11.8 Å². The normalized spacial score (nSPS) is 23.8. The second-order valence-electron chi connectivity index (χ2n) is 4.11. The van der Waals surface area contributed by atoms with Gasteiger partial charge >= 0.3 is 0 Å². The molecule has 1 aromatic carbocycles. The number of thioether (sulfide) groups is 1. The van der Waals surface area contributed by atoms with Gasteiger partial charge in [-0.1, -0.05) is 29.3 Å². The lowest BCUT2D eigenvalue weighted by Crippen LogP contribution is -2.27. The Kier molecular flexibility index (Phi) is 4.43. The van der Waals surface area contributed by atoms with E-state index in [0.29, 0.717) is 16.5 Å². The van der Waals surface area contributed by atoms with Gasteiger partial charge in [0, 0.05) is 13.7 Å². The highest BCUT2D eigenvalue weighted by Gasteiger charge is 2.38. The average molecular weight is 306 g/mol. The summed E-state index contributed by atoms with van der Waals surface area (Å²) >= 11 is 13.4. The summed E-state index contributed by atoms with van der Waals surface area (Å²) in [5.74, 6) is 0.0464. The number of hydrogen-bond acceptors (Lipinski definition) is 3. The maximum absolute atomic E-state index is 12.0. The van der Waals surface area contributed by atoms with E-state index in [9.17, 15) is 4.79 Å². The van der Waals surface area contributed by atoms with Crippen molar-refractivity contribution in [3.05, 3.63) is 33.8 Å². The molecule has 2 atom stereocenters. The molecule has 1 saturated heterocycles. The lowest BCUT2D eigenvalue weighted by molar-refractivity contribution is -0.129. The van der Waals surface area contributed by atoms with Gasteiger partial charge in [0.25, 0.3) is 0 Å². The molecule has 1 aromatic rings. The maximum atomic E-state index is 12.0. The van der Waals surface area contributed by atoms with Crippen LogP contribution in [-0.4, -0.2) is 34.8 Å². The molecule has 1 amide bonds. The fourth-order valence-corrected chi connectivity index (χ4v) is 3.66. The van der Waals surface area contributed by atoms with E-state index in [4.69, 9.17) is 28.3 Å². The number of hydrogen-bond donors (Lipinski definition) is 1. The molecule has 1 aliphatic heterocycles. The zero-order valence-corrected chi connectivity index (χ0v) is 12.1. The number of rotatable bonds is 3. The highest BCUT2D eigenvalue weighted by atomic mass is 35.5. The number of carbonyl (C=O) groups excluding carboxylic acids is 1. The molecule has 0 bridgehead atoms. The van der Waals surface area contributed by atoms with Crippen LogP contribution in [0.5, 0.6) is 0 Å². The van der Waals surface area contributed by atoms with Crippen molar-refractivity contribution in [1.82, 2.24) is 4.90 Å². The van der Waals surface area contributed by atoms with E-state index >= 15 is 0 Å². The zero-order valence-electron chi connectivity index (χ0n) is 9.77. The third-order valence-electron chi connectivity index (χ3n) is 2.89. The summed E-state index contributed by atoms with van der Waals surface area (Å²) < 4.78 is 0. The topological polar surface area (TPSA) is 40.5 Å². The highest BCUT2D eigenvalue weighted by Crippen LogP contribution is 2.44. The van der Waals surface area contributed by atoms with Crippen molar-refractivity contribution in [2.45, 2.75) is 17.0 Å². The Bertz CT molecular complexity index is 469. The van der Waals surface area contributed by atoms with Crippen LogP contribution in [0, 0.1) is 0 Å². The molecule has 0 aliphatic carbocycles. The van der Waals surface area contributed by atoms with Crippen molar-refractivity contribution < 1.29 is 9.90 Å². The molecule has 1 aliphatic rings. The standard InChI is InChI=1S/C12H13Cl2NO2S/c1-15-11(17)10(4-5-16)18-12(15)7-2-3-8(13)9(14)6-7/h2-3,6,10,12,16H,4-5H2,1H3. The van der Waals surface area contributed by atoms with E-state index in [0.717, 1.165) is 5.56 Å². The van der Waals surface area contributed by atoms with Crippen LogP contribution in [-0.2, 0) is 4.79 Å². The summed E-state index contributed by atoms with van der Waals surface area (Å²) in [6.45, 7) is 0.0192. The molecule has 2 unspecified atom stereocenters. The Morgan fingerprint density at radius 1 is 1.39 bits per heavy atom. The predicted octanol–water partition coefficient (Wildman–Crippen LogP) is 2.95. The van der Waals surface area contributed by atoms with Gasteiger partial charge in [0.15, 0.2) is 0 Å². The first-order valence-corrected chi connectivity index (χ1v) is 7.22. The molecule has 0 spiro atoms. The number of carbonyl (C=O) groups is 1. The van der Waals surface area contributed by atoms with Gasteiger partial charge in [0.05, 0.1) is 15.3 Å². The fourth-order valence-electron chi connectivity index (χ4n) is 1.92. The van der Waals surface area contributed by atoms with Crippen LogP contribution in [0.25, 0.3) is 0 Å². The number of aliphatic hydroxyl groups is 1. The lowest BCUT2D eigenvalue weighted by atomic mass is 10.2. The van der Waals surface area contributed by atoms with Gasteiger partial charge in [-0.05, 0) is 24.1 Å². The van der Waals surface area contributed by atoms with Crippen molar-refractivity contribution in [3.8, 4) is 0 Å². The molecule has 3 nitrogen and oxygen atoms in total. The molecule has 2 rings (SSSR count). The van der Waals surface area contributed by atoms with Gasteiger partial charge in [0.1, 0.15) is 5.37 Å². The van der Waals surface area contributed by atoms with E-state index < -0.39 is 0 Å². The van der Waals surface area contributed by atoms with Crippen molar-refractivity contribution in [2.75, 3.05) is 13.7 Å². The van der Waals surface area contributed by atoms with E-state index in [2.05, 4.69) is 0 Å². The fraction of sp³-hybridized carbons (Fsp3) is 0.417. The summed E-state index contributed by atoms with van der Waals surface area (Å²) in [6, 6.07) is 5.39. The monoisotopic (exact) mass is 305 g/mol. The van der Waals surface area contributed by atoms with Gasteiger partial charge in [0.2, 0.25) is 5.91 Å². The third-order valence-corrected chi connectivity index (χ3v) is 5.24. The molecule has 6 heteroatoms. The molecule has 0 radical (unpaired) electrons. The molecule has 1 N–H and O–H groups in total. The van der Waals surface area contributed by atoms with Crippen LogP contribution < -0.4 is 0 Å². The van der Waals surface area contributed by atoms with Crippen LogP contribution >= 0.6 is 35.0 Å². The lowest BCUT2D eigenvalue weighted by Gasteiger charge is -2.19. The van der Waals surface area contributed by atoms with E-state index in [1.807, 2.05) is 6.07 Å². The summed E-state index contributed by atoms with van der Waals surface area (Å²) in [5.41, 5.74) is 0.950. The number of halogens is 2. The summed E-state index contributed by atoms with van der Waals surface area (Å²) in [4.78, 5) is 13.7. The molecular formula is C12H13Cl2NO2S. The van der Waals surface area contributed by atoms with Crippen molar-refractivity contribution in [2.24, 2.45) is 0 Å². The number of benzene rings is 1. The predicted molar refractivity (Wildman–Crippen MR) is 75.1 cm³/mol. The van der Waals surface area contributed by atoms with Gasteiger partial charge < -0.3 is 10.0 Å². The van der Waals surface area contributed by atoms with Crippen LogP contribution in [0.2, 0.25) is 10.0 Å². The molecule has 98 valence electrons. The quantitative estimate of drug-likeness (QED) is 0.933. The van der Waals surface area contributed by atoms with Crippen molar-refractivity contribution in [1.29, 1.82) is 0 Å². The SMILES string of the molecule is CN1C(=O)C(CCO)SC1c1ccc(Cl)c(Cl)c1. The summed E-state index contributed by atoms with van der Waals surface area (Å²) in [5, 5.41) is 9.69. The minimum Gasteiger partial charge on any atom is -0.396 e. The van der Waals surface area contributed by atoms with Gasteiger partial charge in [-0.15, -0.1) is 11.8 Å². The van der Waals surface area contributed by atoms with Crippen LogP contribution in [0.15, 0.2) is 18.2 Å². The van der Waals surface area contributed by atoms with E-state index in [1.54, 1.807) is 24.1 Å². The van der Waals surface area contributed by atoms with Crippen LogP contribution in [0.1, 0.15) is 17.4 Å². The number of amides is 1. The first kappa shape index (κ1) is 14.0. The Hall–Kier alpha value is -0.420. The molecule has 1 fully saturated rings. The van der Waals surface area contributed by atoms with Gasteiger partial charge in [-0.25, -0.2) is 0 Å². The van der Waals surface area contributed by atoms with Gasteiger partial charge in [-0.2, -0.15) is 0 Å². The first-order valence-electron chi connectivity index (χ1n) is 5.52. The molecule has 1 heterocycles. The van der Waals surface area contributed by atoms with Crippen LogP contribution in [0.4, 0.5) is 0 Å². The van der Waals surface area contributed by atoms with E-state index in [-0.39, 0.29) is 23.1 Å². The average Bonchev–Trinajstić information content (AvgIpc) is 2.62. The van der Waals surface area contributed by atoms with Crippen LogP contribution in [0.3, 0.4) is 0 Å². The Morgan fingerprint density at radius 3 is 2.72 bits per heavy atom. The van der Waals surface area contributed by atoms with Crippen molar-refractivity contribution in [3.63, 3.8) is 0 Å². The molecule has 0 aromatic heterocycles.